The van der Waals surface area contributed by atoms with Gasteiger partial charge in [-0.25, -0.2) is 0 Å². The molecular formula is C29H46N2O5. The van der Waals surface area contributed by atoms with Crippen molar-refractivity contribution in [2.75, 3.05) is 19.7 Å². The Bertz CT molecular complexity index is 841. The van der Waals surface area contributed by atoms with E-state index in [1.165, 1.54) is 49.8 Å². The van der Waals surface area contributed by atoms with Crippen LogP contribution in [-0.4, -0.2) is 54.5 Å². The monoisotopic (exact) mass is 502 g/mol. The summed E-state index contributed by atoms with van der Waals surface area (Å²) in [6.07, 6.45) is 11.2. The van der Waals surface area contributed by atoms with Gasteiger partial charge in [-0.2, -0.15) is 0 Å². The van der Waals surface area contributed by atoms with E-state index in [-0.39, 0.29) is 18.2 Å². The van der Waals surface area contributed by atoms with Gasteiger partial charge in [0.25, 0.3) is 5.91 Å². The lowest BCUT2D eigenvalue weighted by Gasteiger charge is -2.36. The van der Waals surface area contributed by atoms with E-state index < -0.39 is 18.1 Å². The van der Waals surface area contributed by atoms with Crippen LogP contribution in [0.4, 0.5) is 0 Å². The van der Waals surface area contributed by atoms with Crippen molar-refractivity contribution in [2.45, 2.75) is 110 Å². The molecule has 7 nitrogen and oxygen atoms in total. The second-order valence-electron chi connectivity index (χ2n) is 9.97. The Hall–Kier alpha value is -2.57. The predicted molar refractivity (Wildman–Crippen MR) is 142 cm³/mol. The van der Waals surface area contributed by atoms with Crippen molar-refractivity contribution in [3.05, 3.63) is 29.3 Å². The van der Waals surface area contributed by atoms with Crippen LogP contribution in [0, 0.1) is 13.8 Å². The fourth-order valence-electron chi connectivity index (χ4n) is 4.48. The summed E-state index contributed by atoms with van der Waals surface area (Å²) in [5.41, 5.74) is 1.97. The first-order valence-corrected chi connectivity index (χ1v) is 13.8. The zero-order chi connectivity index (χ0) is 26.3. The number of hydrogen-bond acceptors (Lipinski definition) is 5. The van der Waals surface area contributed by atoms with E-state index in [0.29, 0.717) is 25.4 Å². The number of hydrogen-bond donors (Lipinski definition) is 1. The van der Waals surface area contributed by atoms with Gasteiger partial charge in [-0.1, -0.05) is 76.8 Å². The molecule has 1 aromatic rings. The molecule has 1 N–H and O–H groups in total. The summed E-state index contributed by atoms with van der Waals surface area (Å²) in [5.74, 6) is -0.443. The first-order chi connectivity index (χ1) is 17.3. The lowest BCUT2D eigenvalue weighted by molar-refractivity contribution is -0.154. The number of rotatable bonds is 16. The van der Waals surface area contributed by atoms with E-state index in [2.05, 4.69) is 12.2 Å². The Labute approximate surface area is 217 Å². The smallest absolute Gasteiger partial charge is 0.308 e. The maximum absolute atomic E-state index is 13.2. The van der Waals surface area contributed by atoms with Gasteiger partial charge in [-0.05, 0) is 44.4 Å². The van der Waals surface area contributed by atoms with E-state index in [0.717, 1.165) is 30.4 Å². The summed E-state index contributed by atoms with van der Waals surface area (Å²) in [6, 6.07) is 4.95. The molecule has 1 fully saturated rings. The van der Waals surface area contributed by atoms with Gasteiger partial charge in [0.2, 0.25) is 5.91 Å². The minimum atomic E-state index is -0.879. The highest BCUT2D eigenvalue weighted by Gasteiger charge is 2.37. The van der Waals surface area contributed by atoms with Gasteiger partial charge < -0.3 is 19.7 Å². The number of ether oxygens (including phenoxy) is 2. The number of carbonyl (C=O) groups is 3. The van der Waals surface area contributed by atoms with Gasteiger partial charge in [-0.15, -0.1) is 0 Å². The number of aryl methyl sites for hydroxylation is 2. The standard InChI is InChI=1S/C29H46N2O5/c1-5-6-7-8-9-10-11-12-13-14-19-35-27(32)21-25-28(33)30-17-18-31(25)29(34)24(4)36-26-20-22(2)15-16-23(26)3/h15-16,20,24-25H,5-14,17-19,21H2,1-4H3,(H,30,33). The van der Waals surface area contributed by atoms with Crippen molar-refractivity contribution in [3.63, 3.8) is 0 Å². The van der Waals surface area contributed by atoms with Crippen LogP contribution in [-0.2, 0) is 19.1 Å². The van der Waals surface area contributed by atoms with E-state index in [1.54, 1.807) is 6.92 Å². The minimum absolute atomic E-state index is 0.147. The zero-order valence-corrected chi connectivity index (χ0v) is 22.8. The SMILES string of the molecule is CCCCCCCCCCCCOC(=O)CC1C(=O)NCCN1C(=O)C(C)Oc1cc(C)ccc1C. The quantitative estimate of drug-likeness (QED) is 0.246. The second-order valence-corrected chi connectivity index (χ2v) is 9.97. The number of nitrogens with zero attached hydrogens (tertiary/aromatic N) is 1. The van der Waals surface area contributed by atoms with E-state index >= 15 is 0 Å². The molecule has 1 aliphatic rings. The average molecular weight is 503 g/mol. The minimum Gasteiger partial charge on any atom is -0.481 e. The van der Waals surface area contributed by atoms with Crippen molar-refractivity contribution < 1.29 is 23.9 Å². The van der Waals surface area contributed by atoms with Crippen molar-refractivity contribution in [2.24, 2.45) is 0 Å². The summed E-state index contributed by atoms with van der Waals surface area (Å²) in [4.78, 5) is 39.6. The van der Waals surface area contributed by atoms with E-state index in [9.17, 15) is 14.4 Å². The molecule has 0 spiro atoms. The highest BCUT2D eigenvalue weighted by molar-refractivity contribution is 5.93. The molecular weight excluding hydrogens is 456 g/mol. The molecule has 2 atom stereocenters. The van der Waals surface area contributed by atoms with Gasteiger partial charge in [0.05, 0.1) is 13.0 Å². The maximum atomic E-state index is 13.2. The summed E-state index contributed by atoms with van der Waals surface area (Å²) in [6.45, 7) is 8.84. The average Bonchev–Trinajstić information content (AvgIpc) is 2.85. The Morgan fingerprint density at radius 1 is 1.03 bits per heavy atom. The number of amides is 2. The Morgan fingerprint density at radius 2 is 1.67 bits per heavy atom. The largest absolute Gasteiger partial charge is 0.481 e. The van der Waals surface area contributed by atoms with Crippen LogP contribution in [0.15, 0.2) is 18.2 Å². The van der Waals surface area contributed by atoms with Crippen LogP contribution in [0.2, 0.25) is 0 Å². The highest BCUT2D eigenvalue weighted by atomic mass is 16.5. The van der Waals surface area contributed by atoms with Crippen molar-refractivity contribution in [1.82, 2.24) is 10.2 Å². The molecule has 2 amide bonds. The molecule has 1 aromatic carbocycles. The van der Waals surface area contributed by atoms with Gasteiger partial charge in [0, 0.05) is 13.1 Å². The number of esters is 1. The van der Waals surface area contributed by atoms with E-state index in [4.69, 9.17) is 9.47 Å². The first kappa shape index (κ1) is 29.7. The van der Waals surface area contributed by atoms with Crippen molar-refractivity contribution >= 4 is 17.8 Å². The number of carbonyl (C=O) groups excluding carboxylic acids is 3. The van der Waals surface area contributed by atoms with E-state index in [1.807, 2.05) is 32.0 Å². The van der Waals surface area contributed by atoms with Crippen molar-refractivity contribution in [3.8, 4) is 5.75 Å². The summed E-state index contributed by atoms with van der Waals surface area (Å²) in [5, 5.41) is 2.76. The summed E-state index contributed by atoms with van der Waals surface area (Å²) >= 11 is 0. The van der Waals surface area contributed by atoms with Crippen LogP contribution in [0.25, 0.3) is 0 Å². The lowest BCUT2D eigenvalue weighted by Crippen LogP contribution is -2.60. The van der Waals surface area contributed by atoms with Crippen LogP contribution in [0.5, 0.6) is 5.75 Å². The fourth-order valence-corrected chi connectivity index (χ4v) is 4.48. The fraction of sp³-hybridized carbons (Fsp3) is 0.690. The molecule has 1 heterocycles. The summed E-state index contributed by atoms with van der Waals surface area (Å²) < 4.78 is 11.3. The topological polar surface area (TPSA) is 84.9 Å². The molecule has 7 heteroatoms. The zero-order valence-electron chi connectivity index (χ0n) is 22.8. The third-order valence-corrected chi connectivity index (χ3v) is 6.73. The third-order valence-electron chi connectivity index (χ3n) is 6.73. The van der Waals surface area contributed by atoms with Crippen LogP contribution in [0.1, 0.15) is 95.6 Å². The Morgan fingerprint density at radius 3 is 2.33 bits per heavy atom. The normalized spacial score (nSPS) is 16.4. The van der Waals surface area contributed by atoms with Crippen LogP contribution < -0.4 is 10.1 Å². The number of unbranched alkanes of at least 4 members (excludes halogenated alkanes) is 9. The molecule has 2 unspecified atom stereocenters. The van der Waals surface area contributed by atoms with Crippen LogP contribution in [0.3, 0.4) is 0 Å². The molecule has 0 bridgehead atoms. The number of nitrogens with one attached hydrogen (secondary N) is 1. The lowest BCUT2D eigenvalue weighted by atomic mass is 10.1. The number of piperazine rings is 1. The van der Waals surface area contributed by atoms with Gasteiger partial charge in [0.1, 0.15) is 11.8 Å². The second kappa shape index (κ2) is 16.2. The first-order valence-electron chi connectivity index (χ1n) is 13.8. The van der Waals surface area contributed by atoms with Crippen molar-refractivity contribution in [1.29, 1.82) is 0 Å². The number of benzene rings is 1. The van der Waals surface area contributed by atoms with Gasteiger partial charge in [-0.3, -0.25) is 14.4 Å². The molecule has 202 valence electrons. The van der Waals surface area contributed by atoms with Gasteiger partial charge >= 0.3 is 5.97 Å². The molecule has 1 saturated heterocycles. The molecule has 0 aliphatic carbocycles. The highest BCUT2D eigenvalue weighted by Crippen LogP contribution is 2.22. The Kier molecular flexibility index (Phi) is 13.4. The Balaban J connectivity index is 1.74. The molecule has 0 aromatic heterocycles. The van der Waals surface area contributed by atoms with Gasteiger partial charge in [0.15, 0.2) is 6.10 Å². The molecule has 0 saturated carbocycles. The third kappa shape index (κ3) is 10.2. The van der Waals surface area contributed by atoms with Crippen LogP contribution >= 0.6 is 0 Å². The molecule has 36 heavy (non-hydrogen) atoms. The molecule has 0 radical (unpaired) electrons. The predicted octanol–water partition coefficient (Wildman–Crippen LogP) is 5.25. The molecule has 1 aliphatic heterocycles. The maximum Gasteiger partial charge on any atom is 0.308 e. The molecule has 2 rings (SSSR count). The summed E-state index contributed by atoms with van der Waals surface area (Å²) in [7, 11) is 0.